The fraction of sp³-hybridized carbons (Fsp3) is 0.240. The molecule has 0 saturated carbocycles. The zero-order valence-electron chi connectivity index (χ0n) is 18.3. The van der Waals surface area contributed by atoms with Gasteiger partial charge in [-0.3, -0.25) is 14.4 Å². The van der Waals surface area contributed by atoms with Gasteiger partial charge in [0.05, 0.1) is 36.1 Å². The van der Waals surface area contributed by atoms with E-state index >= 15 is 0 Å². The molecule has 2 aliphatic rings. The molecule has 2 atom stereocenters. The Bertz CT molecular complexity index is 1320. The lowest BCUT2D eigenvalue weighted by Gasteiger charge is -2.38. The van der Waals surface area contributed by atoms with Gasteiger partial charge in [0.2, 0.25) is 5.91 Å². The SMILES string of the molecule is COc1ccc([C@H]2CC(=O)N3C(=C2C#N)SC[C@]3(O)c2ccc(F)cc2)cc1Cn1cccn1. The monoisotopic (exact) mass is 476 g/mol. The van der Waals surface area contributed by atoms with Crippen LogP contribution >= 0.6 is 11.8 Å². The molecule has 0 unspecified atom stereocenters. The molecule has 1 amide bonds. The van der Waals surface area contributed by atoms with Crippen LogP contribution in [-0.2, 0) is 17.1 Å². The predicted octanol–water partition coefficient (Wildman–Crippen LogP) is 3.72. The number of thioether (sulfide) groups is 1. The summed E-state index contributed by atoms with van der Waals surface area (Å²) in [6.45, 7) is 0.480. The van der Waals surface area contributed by atoms with Crippen molar-refractivity contribution in [1.82, 2.24) is 14.7 Å². The summed E-state index contributed by atoms with van der Waals surface area (Å²) in [6.07, 6.45) is 3.58. The van der Waals surface area contributed by atoms with Gasteiger partial charge >= 0.3 is 0 Å². The smallest absolute Gasteiger partial charge is 0.231 e. The first-order valence-electron chi connectivity index (χ1n) is 10.7. The van der Waals surface area contributed by atoms with Gasteiger partial charge < -0.3 is 9.84 Å². The standard InChI is InChI=1S/C25H21FN4O3S/c1-33-22-8-3-16(11-17(22)14-29-10-2-9-28-29)20-12-23(31)30-24(21(20)13-27)34-15-25(30,32)18-4-6-19(26)7-5-18/h2-11,20,32H,12,14-15H2,1H3/t20-,25+/m1/s1. The fourth-order valence-corrected chi connectivity index (χ4v) is 5.91. The summed E-state index contributed by atoms with van der Waals surface area (Å²) in [6, 6.07) is 15.2. The molecule has 1 saturated heterocycles. The van der Waals surface area contributed by atoms with E-state index in [1.54, 1.807) is 18.0 Å². The van der Waals surface area contributed by atoms with Crippen molar-refractivity contribution in [3.63, 3.8) is 0 Å². The van der Waals surface area contributed by atoms with Gasteiger partial charge in [0.1, 0.15) is 11.6 Å². The second-order valence-electron chi connectivity index (χ2n) is 8.20. The van der Waals surface area contributed by atoms with Gasteiger partial charge in [0.25, 0.3) is 0 Å². The number of hydrogen-bond donors (Lipinski definition) is 1. The molecule has 5 rings (SSSR count). The van der Waals surface area contributed by atoms with E-state index in [0.717, 1.165) is 11.1 Å². The quantitative estimate of drug-likeness (QED) is 0.604. The van der Waals surface area contributed by atoms with E-state index in [0.29, 0.717) is 28.5 Å². The Labute approximate surface area is 200 Å². The number of ether oxygens (including phenoxy) is 1. The number of nitriles is 1. The number of allylic oxidation sites excluding steroid dienone is 1. The summed E-state index contributed by atoms with van der Waals surface area (Å²) in [5.74, 6) is -0.323. The molecule has 1 N–H and O–H groups in total. The summed E-state index contributed by atoms with van der Waals surface area (Å²) in [7, 11) is 1.59. The molecular weight excluding hydrogens is 455 g/mol. The summed E-state index contributed by atoms with van der Waals surface area (Å²) < 4.78 is 20.7. The third-order valence-corrected chi connectivity index (χ3v) is 7.44. The van der Waals surface area contributed by atoms with Crippen molar-refractivity contribution in [2.45, 2.75) is 24.6 Å². The maximum Gasteiger partial charge on any atom is 0.231 e. The first-order valence-corrected chi connectivity index (χ1v) is 11.7. The van der Waals surface area contributed by atoms with E-state index in [1.165, 1.54) is 40.9 Å². The maximum atomic E-state index is 13.4. The zero-order valence-corrected chi connectivity index (χ0v) is 19.1. The Balaban J connectivity index is 1.54. The molecule has 34 heavy (non-hydrogen) atoms. The molecule has 3 aromatic rings. The average molecular weight is 477 g/mol. The lowest BCUT2D eigenvalue weighted by atomic mass is 9.84. The molecule has 0 bridgehead atoms. The van der Waals surface area contributed by atoms with Gasteiger partial charge in [-0.25, -0.2) is 4.39 Å². The summed E-state index contributed by atoms with van der Waals surface area (Å²) in [5.41, 5.74) is 0.896. The molecule has 3 heterocycles. The molecule has 172 valence electrons. The van der Waals surface area contributed by atoms with Gasteiger partial charge in [-0.2, -0.15) is 10.4 Å². The lowest BCUT2D eigenvalue weighted by molar-refractivity contribution is -0.149. The normalized spacial score (nSPS) is 22.0. The predicted molar refractivity (Wildman–Crippen MR) is 124 cm³/mol. The number of nitrogens with zero attached hydrogens (tertiary/aromatic N) is 4. The van der Waals surface area contributed by atoms with Gasteiger partial charge in [0.15, 0.2) is 5.72 Å². The minimum absolute atomic E-state index is 0.0317. The van der Waals surface area contributed by atoms with Crippen LogP contribution in [0.4, 0.5) is 4.39 Å². The number of aromatic nitrogens is 2. The molecule has 1 aromatic heterocycles. The molecule has 1 fully saturated rings. The second-order valence-corrected chi connectivity index (χ2v) is 9.17. The Morgan fingerprint density at radius 2 is 2.12 bits per heavy atom. The number of carbonyl (C=O) groups is 1. The van der Waals surface area contributed by atoms with E-state index in [4.69, 9.17) is 4.74 Å². The molecule has 0 spiro atoms. The average Bonchev–Trinajstić information content (AvgIpc) is 3.48. The summed E-state index contributed by atoms with van der Waals surface area (Å²) in [4.78, 5) is 14.6. The van der Waals surface area contributed by atoms with Crippen molar-refractivity contribution in [2.24, 2.45) is 0 Å². The van der Waals surface area contributed by atoms with E-state index in [-0.39, 0.29) is 18.1 Å². The minimum atomic E-state index is -1.64. The maximum absolute atomic E-state index is 13.4. The van der Waals surface area contributed by atoms with Crippen LogP contribution in [0.25, 0.3) is 0 Å². The van der Waals surface area contributed by atoms with E-state index < -0.39 is 17.5 Å². The van der Waals surface area contributed by atoms with Gasteiger partial charge in [0, 0.05) is 35.9 Å². The number of methoxy groups -OCH3 is 1. The Hall–Kier alpha value is -3.61. The van der Waals surface area contributed by atoms with Gasteiger partial charge in [-0.1, -0.05) is 18.2 Å². The highest BCUT2D eigenvalue weighted by Gasteiger charge is 2.51. The first-order chi connectivity index (χ1) is 16.4. The van der Waals surface area contributed by atoms with Crippen molar-refractivity contribution in [3.8, 4) is 11.8 Å². The molecule has 2 aromatic carbocycles. The highest BCUT2D eigenvalue weighted by molar-refractivity contribution is 8.03. The summed E-state index contributed by atoms with van der Waals surface area (Å²) >= 11 is 1.26. The van der Waals surface area contributed by atoms with Crippen LogP contribution in [0.3, 0.4) is 0 Å². The van der Waals surface area contributed by atoms with E-state index in [1.807, 2.05) is 30.5 Å². The molecule has 2 aliphatic heterocycles. The number of amides is 1. The van der Waals surface area contributed by atoms with Crippen molar-refractivity contribution in [1.29, 1.82) is 5.26 Å². The largest absolute Gasteiger partial charge is 0.496 e. The van der Waals surface area contributed by atoms with Crippen LogP contribution in [0.15, 0.2) is 71.5 Å². The minimum Gasteiger partial charge on any atom is -0.496 e. The van der Waals surface area contributed by atoms with Crippen LogP contribution in [0.5, 0.6) is 5.75 Å². The molecule has 0 radical (unpaired) electrons. The Morgan fingerprint density at radius 1 is 1.32 bits per heavy atom. The van der Waals surface area contributed by atoms with Crippen molar-refractivity contribution in [2.75, 3.05) is 12.9 Å². The first kappa shape index (κ1) is 22.2. The number of carbonyl (C=O) groups excluding carboxylic acids is 1. The molecular formula is C25H21FN4O3S. The van der Waals surface area contributed by atoms with Crippen LogP contribution in [0.2, 0.25) is 0 Å². The van der Waals surface area contributed by atoms with Crippen LogP contribution < -0.4 is 4.74 Å². The third-order valence-electron chi connectivity index (χ3n) is 6.22. The number of rotatable bonds is 5. The highest BCUT2D eigenvalue weighted by Crippen LogP contribution is 2.51. The number of hydrogen-bond acceptors (Lipinski definition) is 6. The molecule has 0 aliphatic carbocycles. The van der Waals surface area contributed by atoms with Gasteiger partial charge in [-0.15, -0.1) is 11.8 Å². The van der Waals surface area contributed by atoms with Crippen LogP contribution in [-0.4, -0.2) is 38.6 Å². The molecule has 9 heteroatoms. The zero-order chi connectivity index (χ0) is 23.9. The van der Waals surface area contributed by atoms with Crippen LogP contribution in [0.1, 0.15) is 29.0 Å². The van der Waals surface area contributed by atoms with Crippen molar-refractivity contribution >= 4 is 17.7 Å². The topological polar surface area (TPSA) is 91.4 Å². The third kappa shape index (κ3) is 3.65. The fourth-order valence-electron chi connectivity index (χ4n) is 4.55. The second kappa shape index (κ2) is 8.63. The number of halogens is 1. The molecule has 7 nitrogen and oxygen atoms in total. The van der Waals surface area contributed by atoms with E-state index in [9.17, 15) is 19.6 Å². The number of benzene rings is 2. The van der Waals surface area contributed by atoms with Crippen molar-refractivity contribution < 1.29 is 19.0 Å². The van der Waals surface area contributed by atoms with Crippen LogP contribution in [0, 0.1) is 17.1 Å². The van der Waals surface area contributed by atoms with Gasteiger partial charge in [-0.05, 0) is 35.9 Å². The highest BCUT2D eigenvalue weighted by atomic mass is 32.2. The Kier molecular flexibility index (Phi) is 5.63. The summed E-state index contributed by atoms with van der Waals surface area (Å²) in [5, 5.41) is 26.2. The van der Waals surface area contributed by atoms with Crippen molar-refractivity contribution in [3.05, 3.63) is 94.0 Å². The number of aliphatic hydroxyl groups is 1. The Morgan fingerprint density at radius 3 is 2.79 bits per heavy atom. The van der Waals surface area contributed by atoms with E-state index in [2.05, 4.69) is 11.2 Å². The number of fused-ring (bicyclic) bond motifs is 1. The lowest BCUT2D eigenvalue weighted by Crippen LogP contribution is -2.48.